The first-order valence-corrected chi connectivity index (χ1v) is 6.25. The lowest BCUT2D eigenvalue weighted by atomic mass is 10.2. The fourth-order valence-electron chi connectivity index (χ4n) is 1.63. The predicted octanol–water partition coefficient (Wildman–Crippen LogP) is 3.23. The van der Waals surface area contributed by atoms with Gasteiger partial charge in [-0.25, -0.2) is 0 Å². The number of fused-ring (bicyclic) bond motifs is 1. The number of halogens is 1. The Kier molecular flexibility index (Phi) is 3.96. The van der Waals surface area contributed by atoms with Gasteiger partial charge in [0.05, 0.1) is 15.7 Å². The van der Waals surface area contributed by atoms with E-state index in [0.29, 0.717) is 10.2 Å². The van der Waals surface area contributed by atoms with Gasteiger partial charge in [0.15, 0.2) is 5.57 Å². The van der Waals surface area contributed by atoms with Gasteiger partial charge in [0.1, 0.15) is 23.9 Å². The highest BCUT2D eigenvalue weighted by molar-refractivity contribution is 9.10. The van der Waals surface area contributed by atoms with Crippen LogP contribution in [0.5, 0.6) is 0 Å². The molecule has 2 rings (SSSR count). The van der Waals surface area contributed by atoms with Crippen molar-refractivity contribution in [3.63, 3.8) is 0 Å². The lowest BCUT2D eigenvalue weighted by molar-refractivity contribution is 1.36. The molecule has 1 heterocycles. The lowest BCUT2D eigenvalue weighted by Crippen LogP contribution is -2.01. The van der Waals surface area contributed by atoms with Crippen LogP contribution >= 0.6 is 15.9 Å². The number of benzene rings is 1. The van der Waals surface area contributed by atoms with Crippen molar-refractivity contribution in [3.8, 4) is 18.2 Å². The van der Waals surface area contributed by atoms with Gasteiger partial charge in [0, 0.05) is 11.6 Å². The number of nitrogens with zero attached hydrogens (tertiary/aromatic N) is 4. The van der Waals surface area contributed by atoms with Gasteiger partial charge in [0.25, 0.3) is 0 Å². The van der Waals surface area contributed by atoms with Crippen molar-refractivity contribution in [1.82, 2.24) is 4.98 Å². The van der Waals surface area contributed by atoms with Gasteiger partial charge in [-0.1, -0.05) is 6.07 Å². The van der Waals surface area contributed by atoms with E-state index in [2.05, 4.69) is 26.2 Å². The molecule has 0 spiro atoms. The second kappa shape index (κ2) is 5.84. The Morgan fingerprint density at radius 1 is 1.10 bits per heavy atom. The minimum absolute atomic E-state index is 0.0843. The third kappa shape index (κ3) is 2.44. The number of allylic oxidation sites excluding steroid dienone is 2. The highest BCUT2D eigenvalue weighted by Gasteiger charge is 2.10. The monoisotopic (exact) mass is 323 g/mol. The minimum atomic E-state index is -0.259. The number of pyridine rings is 1. The van der Waals surface area contributed by atoms with E-state index in [1.807, 2.05) is 12.1 Å². The molecule has 20 heavy (non-hydrogen) atoms. The molecule has 0 aliphatic rings. The summed E-state index contributed by atoms with van der Waals surface area (Å²) in [5, 5.41) is 30.3. The second-order valence-electron chi connectivity index (χ2n) is 3.71. The molecule has 0 fully saturated rings. The molecule has 0 atom stereocenters. The third-order valence-corrected chi connectivity index (χ3v) is 3.42. The van der Waals surface area contributed by atoms with Crippen molar-refractivity contribution in [2.75, 3.05) is 5.32 Å². The van der Waals surface area contributed by atoms with E-state index in [9.17, 15) is 0 Å². The quantitative estimate of drug-likeness (QED) is 0.856. The van der Waals surface area contributed by atoms with Gasteiger partial charge in [-0.05, 0) is 34.1 Å². The Bertz CT molecular complexity index is 817. The van der Waals surface area contributed by atoms with Crippen molar-refractivity contribution < 1.29 is 0 Å². The van der Waals surface area contributed by atoms with Crippen LogP contribution in [0, 0.1) is 34.0 Å². The standard InChI is InChI=1S/C14H6BrN5/c15-14-10-2-1-5-19-11(10)3-4-12(14)20-13(8-18)9(6-16)7-17/h1-5,20H. The fraction of sp³-hybridized carbons (Fsp3) is 0. The van der Waals surface area contributed by atoms with Crippen molar-refractivity contribution >= 4 is 32.5 Å². The first-order valence-electron chi connectivity index (χ1n) is 5.46. The van der Waals surface area contributed by atoms with Crippen LogP contribution in [0.25, 0.3) is 10.9 Å². The Hall–Kier alpha value is -2.88. The molecule has 6 heteroatoms. The molecule has 0 unspecified atom stereocenters. The molecule has 2 aromatic rings. The summed E-state index contributed by atoms with van der Waals surface area (Å²) in [5.74, 6) is 0. The van der Waals surface area contributed by atoms with Crippen molar-refractivity contribution in [1.29, 1.82) is 15.8 Å². The number of aromatic nitrogens is 1. The molecule has 1 aromatic heterocycles. The summed E-state index contributed by atoms with van der Waals surface area (Å²) in [6.07, 6.45) is 1.69. The lowest BCUT2D eigenvalue weighted by Gasteiger charge is -2.09. The van der Waals surface area contributed by atoms with Crippen molar-refractivity contribution in [2.24, 2.45) is 0 Å². The first-order chi connectivity index (χ1) is 9.71. The molecule has 1 aromatic carbocycles. The van der Waals surface area contributed by atoms with Gasteiger partial charge in [0.2, 0.25) is 0 Å². The van der Waals surface area contributed by atoms with E-state index < -0.39 is 0 Å². The fourth-order valence-corrected chi connectivity index (χ4v) is 2.20. The SMILES string of the molecule is N#CC(C#N)=C(C#N)Nc1ccc2ncccc2c1Br. The summed E-state index contributed by atoms with van der Waals surface area (Å²) < 4.78 is 0.714. The molecule has 1 N–H and O–H groups in total. The second-order valence-corrected chi connectivity index (χ2v) is 4.50. The Morgan fingerprint density at radius 2 is 1.85 bits per heavy atom. The number of hydrogen-bond donors (Lipinski definition) is 1. The van der Waals surface area contributed by atoms with Gasteiger partial charge in [-0.15, -0.1) is 0 Å². The molecule has 0 bridgehead atoms. The maximum atomic E-state index is 9.02. The highest BCUT2D eigenvalue weighted by atomic mass is 79.9. The van der Waals surface area contributed by atoms with E-state index in [0.717, 1.165) is 10.9 Å². The zero-order valence-corrected chi connectivity index (χ0v) is 11.6. The molecule has 0 aliphatic heterocycles. The number of anilines is 1. The molecule has 0 aliphatic carbocycles. The molecule has 0 amide bonds. The first kappa shape index (κ1) is 13.5. The van der Waals surface area contributed by atoms with Crippen LogP contribution < -0.4 is 5.32 Å². The largest absolute Gasteiger partial charge is 0.344 e. The van der Waals surface area contributed by atoms with Crippen LogP contribution in [0.1, 0.15) is 0 Å². The summed E-state index contributed by atoms with van der Waals surface area (Å²) in [5.41, 5.74) is 1.04. The van der Waals surface area contributed by atoms with Crippen LogP contribution in [0.3, 0.4) is 0 Å². The summed E-state index contributed by atoms with van der Waals surface area (Å²) in [7, 11) is 0. The van der Waals surface area contributed by atoms with Crippen molar-refractivity contribution in [2.45, 2.75) is 0 Å². The molecular formula is C14H6BrN5. The van der Waals surface area contributed by atoms with E-state index in [1.165, 1.54) is 0 Å². The number of nitrogens with one attached hydrogen (secondary N) is 1. The Morgan fingerprint density at radius 3 is 2.50 bits per heavy atom. The summed E-state index contributed by atoms with van der Waals surface area (Å²) >= 11 is 3.43. The number of rotatable bonds is 2. The molecule has 0 saturated heterocycles. The molecule has 94 valence electrons. The summed E-state index contributed by atoms with van der Waals surface area (Å²) in [4.78, 5) is 4.21. The molecular weight excluding hydrogens is 318 g/mol. The minimum Gasteiger partial charge on any atom is -0.344 e. The summed E-state index contributed by atoms with van der Waals surface area (Å²) in [6.45, 7) is 0. The van der Waals surface area contributed by atoms with Crippen LogP contribution in [0.15, 0.2) is 46.2 Å². The Labute approximate surface area is 123 Å². The maximum Gasteiger partial charge on any atom is 0.163 e. The third-order valence-electron chi connectivity index (χ3n) is 2.56. The normalized spacial score (nSPS) is 9.10. The van der Waals surface area contributed by atoms with E-state index >= 15 is 0 Å². The average Bonchev–Trinajstić information content (AvgIpc) is 2.50. The zero-order valence-electron chi connectivity index (χ0n) is 10.1. The molecule has 5 nitrogen and oxygen atoms in total. The van der Waals surface area contributed by atoms with Gasteiger partial charge in [-0.2, -0.15) is 15.8 Å². The van der Waals surface area contributed by atoms with Crippen molar-refractivity contribution in [3.05, 3.63) is 46.2 Å². The van der Waals surface area contributed by atoms with E-state index in [4.69, 9.17) is 15.8 Å². The predicted molar refractivity (Wildman–Crippen MR) is 76.9 cm³/mol. The van der Waals surface area contributed by atoms with Crippen LogP contribution in [-0.4, -0.2) is 4.98 Å². The number of nitriles is 3. The highest BCUT2D eigenvalue weighted by Crippen LogP contribution is 2.31. The van der Waals surface area contributed by atoms with Crippen LogP contribution in [0.2, 0.25) is 0 Å². The number of hydrogen-bond acceptors (Lipinski definition) is 5. The topological polar surface area (TPSA) is 96.3 Å². The molecule has 0 radical (unpaired) electrons. The molecule has 0 saturated carbocycles. The van der Waals surface area contributed by atoms with Gasteiger partial charge >= 0.3 is 0 Å². The van der Waals surface area contributed by atoms with Crippen LogP contribution in [-0.2, 0) is 0 Å². The van der Waals surface area contributed by atoms with Gasteiger partial charge < -0.3 is 5.32 Å². The average molecular weight is 324 g/mol. The Balaban J connectivity index is 2.54. The van der Waals surface area contributed by atoms with Gasteiger partial charge in [-0.3, -0.25) is 4.98 Å². The van der Waals surface area contributed by atoms with E-state index in [1.54, 1.807) is 36.5 Å². The summed E-state index contributed by atoms with van der Waals surface area (Å²) in [6, 6.07) is 12.4. The smallest absolute Gasteiger partial charge is 0.163 e. The van der Waals surface area contributed by atoms with E-state index in [-0.39, 0.29) is 11.3 Å². The van der Waals surface area contributed by atoms with Crippen LogP contribution in [0.4, 0.5) is 5.69 Å². The maximum absolute atomic E-state index is 9.02. The zero-order chi connectivity index (χ0) is 14.5.